The quantitative estimate of drug-likeness (QED) is 0.322. The molecule has 0 saturated carbocycles. The number of methoxy groups -OCH3 is 1. The maximum Gasteiger partial charge on any atom is 1.00 e. The van der Waals surface area contributed by atoms with Crippen molar-refractivity contribution in [1.82, 2.24) is 0 Å². The Morgan fingerprint density at radius 3 is 2.07 bits per heavy atom. The zero-order chi connectivity index (χ0) is 9.90. The Morgan fingerprint density at radius 2 is 1.67 bits per heavy atom. The maximum atomic E-state index is 10.2. The van der Waals surface area contributed by atoms with E-state index in [9.17, 15) is 13.0 Å². The van der Waals surface area contributed by atoms with Gasteiger partial charge in [-0.2, -0.15) is 0 Å². The molecule has 0 aliphatic rings. The second kappa shape index (κ2) is 7.58. The van der Waals surface area contributed by atoms with Gasteiger partial charge in [-0.1, -0.05) is 12.1 Å². The Kier molecular flexibility index (Phi) is 8.95. The Morgan fingerprint density at radius 1 is 1.20 bits per heavy atom. The van der Waals surface area contributed by atoms with Crippen LogP contribution in [0.3, 0.4) is 0 Å². The summed E-state index contributed by atoms with van der Waals surface area (Å²) in [5.74, 6) is 0.0851. The zero-order valence-corrected chi connectivity index (χ0v) is 12.2. The van der Waals surface area contributed by atoms with Crippen molar-refractivity contribution in [1.29, 1.82) is 0 Å². The van der Waals surface area contributed by atoms with Crippen LogP contribution in [0.4, 0.5) is 0 Å². The van der Waals surface area contributed by atoms with E-state index < -0.39 is 10.4 Å². The predicted octanol–water partition coefficient (Wildman–Crippen LogP) is -3.29. The molecule has 0 aromatic heterocycles. The minimum atomic E-state index is -4.74. The van der Waals surface area contributed by atoms with Crippen molar-refractivity contribution in [2.24, 2.45) is 0 Å². The van der Waals surface area contributed by atoms with Crippen molar-refractivity contribution in [3.8, 4) is 11.5 Å². The van der Waals surface area contributed by atoms with Gasteiger partial charge in [-0.05, 0) is 12.1 Å². The van der Waals surface area contributed by atoms with Crippen LogP contribution in [-0.4, -0.2) is 25.6 Å². The summed E-state index contributed by atoms with van der Waals surface area (Å²) in [5, 5.41) is 0. The van der Waals surface area contributed by atoms with Gasteiger partial charge in [-0.15, -0.1) is 0 Å². The van der Waals surface area contributed by atoms with Gasteiger partial charge in [0.1, 0.15) is 0 Å². The number of para-hydroxylation sites is 2. The van der Waals surface area contributed by atoms with E-state index in [-0.39, 0.29) is 68.4 Å². The third-order valence-electron chi connectivity index (χ3n) is 1.26. The molecular weight excluding hydrogens is 251 g/mol. The fraction of sp³-hybridized carbons (Fsp3) is 0.143. The molecule has 15 heavy (non-hydrogen) atoms. The van der Waals surface area contributed by atoms with Gasteiger partial charge in [0.05, 0.1) is 7.11 Å². The summed E-state index contributed by atoms with van der Waals surface area (Å²) in [6.07, 6.45) is 0. The first kappa shape index (κ1) is 17.7. The van der Waals surface area contributed by atoms with E-state index in [1.165, 1.54) is 25.3 Å². The van der Waals surface area contributed by atoms with Crippen molar-refractivity contribution in [2.45, 2.75) is 0 Å². The number of hydrogen-bond acceptors (Lipinski definition) is 5. The van der Waals surface area contributed by atoms with Crippen LogP contribution in [0.15, 0.2) is 24.3 Å². The predicted molar refractivity (Wildman–Crippen MR) is 46.9 cm³/mol. The topological polar surface area (TPSA) is 107 Å². The van der Waals surface area contributed by atoms with Crippen molar-refractivity contribution >= 4 is 10.4 Å². The molecule has 0 radical (unpaired) electrons. The second-order valence-electron chi connectivity index (χ2n) is 2.14. The van der Waals surface area contributed by atoms with Crippen LogP contribution in [0.1, 0.15) is 0 Å². The average molecular weight is 260 g/mol. The minimum Gasteiger partial charge on any atom is -0.716 e. The molecular formula is C7H9KO6S. The number of hydrogen-bond donors (Lipinski definition) is 0. The van der Waals surface area contributed by atoms with Crippen LogP contribution < -0.4 is 60.3 Å². The van der Waals surface area contributed by atoms with Crippen LogP contribution >= 0.6 is 0 Å². The molecule has 6 nitrogen and oxygen atoms in total. The number of benzene rings is 1. The van der Waals surface area contributed by atoms with Gasteiger partial charge in [0.2, 0.25) is 0 Å². The molecule has 1 rings (SSSR count). The zero-order valence-electron chi connectivity index (χ0n) is 8.26. The van der Waals surface area contributed by atoms with Gasteiger partial charge in [0.25, 0.3) is 10.4 Å². The van der Waals surface area contributed by atoms with Gasteiger partial charge in [-0.25, -0.2) is 8.42 Å². The van der Waals surface area contributed by atoms with Crippen LogP contribution in [0.25, 0.3) is 0 Å². The molecule has 0 heterocycles. The molecule has 0 bridgehead atoms. The summed E-state index contributed by atoms with van der Waals surface area (Å²) in [6.45, 7) is 0. The van der Waals surface area contributed by atoms with Gasteiger partial charge >= 0.3 is 51.4 Å². The van der Waals surface area contributed by atoms with E-state index in [4.69, 9.17) is 4.74 Å². The van der Waals surface area contributed by atoms with Crippen LogP contribution in [-0.2, 0) is 10.4 Å². The molecule has 1 aromatic rings. The molecule has 8 heteroatoms. The van der Waals surface area contributed by atoms with Crippen molar-refractivity contribution in [3.63, 3.8) is 0 Å². The summed E-state index contributed by atoms with van der Waals surface area (Å²) in [6, 6.07) is 5.97. The van der Waals surface area contributed by atoms with Crippen LogP contribution in [0.2, 0.25) is 0 Å². The van der Waals surface area contributed by atoms with Crippen molar-refractivity contribution < 1.29 is 78.8 Å². The standard InChI is InChI=1S/C7H8O5S.K.H2O/c1-11-6-4-2-3-5-7(6)12-13(8,9)10;;/h2-5H,1H3,(H,8,9,10);;1H2/q;+1;/p-1. The monoisotopic (exact) mass is 260 g/mol. The smallest absolute Gasteiger partial charge is 0.716 e. The Bertz CT molecular complexity index is 390. The summed E-state index contributed by atoms with van der Waals surface area (Å²) in [5.41, 5.74) is 0. The van der Waals surface area contributed by atoms with Gasteiger partial charge in [0.15, 0.2) is 11.5 Å². The third kappa shape index (κ3) is 6.48. The Labute approximate surface area is 130 Å². The molecule has 0 atom stereocenters. The Balaban J connectivity index is 0. The molecule has 80 valence electrons. The van der Waals surface area contributed by atoms with Crippen LogP contribution in [0.5, 0.6) is 11.5 Å². The van der Waals surface area contributed by atoms with Gasteiger partial charge in [-0.3, -0.25) is 0 Å². The molecule has 0 saturated heterocycles. The fourth-order valence-electron chi connectivity index (χ4n) is 0.798. The largest absolute Gasteiger partial charge is 1.00 e. The molecule has 0 fully saturated rings. The van der Waals surface area contributed by atoms with E-state index in [0.29, 0.717) is 0 Å². The summed E-state index contributed by atoms with van der Waals surface area (Å²) in [4.78, 5) is 0. The second-order valence-corrected chi connectivity index (χ2v) is 3.13. The summed E-state index contributed by atoms with van der Waals surface area (Å²) < 4.78 is 39.6. The molecule has 1 aromatic carbocycles. The van der Waals surface area contributed by atoms with Crippen molar-refractivity contribution in [3.05, 3.63) is 24.3 Å². The first-order valence-electron chi connectivity index (χ1n) is 3.31. The molecule has 0 unspecified atom stereocenters. The van der Waals surface area contributed by atoms with Gasteiger partial charge in [0, 0.05) is 0 Å². The first-order valence-corrected chi connectivity index (χ1v) is 4.64. The van der Waals surface area contributed by atoms with E-state index >= 15 is 0 Å². The first-order chi connectivity index (χ1) is 6.03. The molecule has 0 amide bonds. The molecule has 0 aliphatic heterocycles. The minimum absolute atomic E-state index is 0. The van der Waals surface area contributed by atoms with E-state index in [0.717, 1.165) is 0 Å². The Hall–Kier alpha value is 0.326. The van der Waals surface area contributed by atoms with E-state index in [1.54, 1.807) is 6.07 Å². The van der Waals surface area contributed by atoms with E-state index in [2.05, 4.69) is 4.18 Å². The third-order valence-corrected chi connectivity index (χ3v) is 1.64. The van der Waals surface area contributed by atoms with Gasteiger partial charge < -0.3 is 18.9 Å². The van der Waals surface area contributed by atoms with Crippen LogP contribution in [0, 0.1) is 0 Å². The number of rotatable bonds is 3. The summed E-state index contributed by atoms with van der Waals surface area (Å²) >= 11 is 0. The average Bonchev–Trinajstić information content (AvgIpc) is 2.02. The molecule has 2 N–H and O–H groups in total. The SMILES string of the molecule is COc1ccccc1OS(=O)(=O)[O-].O.[K+]. The number of ether oxygens (including phenoxy) is 1. The normalized spacial score (nSPS) is 9.47. The van der Waals surface area contributed by atoms with E-state index in [1.807, 2.05) is 0 Å². The molecule has 0 aliphatic carbocycles. The summed E-state index contributed by atoms with van der Waals surface area (Å²) in [7, 11) is -3.39. The fourth-order valence-corrected chi connectivity index (χ4v) is 1.16. The van der Waals surface area contributed by atoms with Crippen molar-refractivity contribution in [2.75, 3.05) is 7.11 Å². The maximum absolute atomic E-state index is 10.2. The molecule has 0 spiro atoms.